The normalized spacial score (nSPS) is 12.5. The van der Waals surface area contributed by atoms with Crippen LogP contribution in [0.1, 0.15) is 23.6 Å². The van der Waals surface area contributed by atoms with Gasteiger partial charge in [0.2, 0.25) is 21.8 Å². The van der Waals surface area contributed by atoms with E-state index in [-0.39, 0.29) is 29.6 Å². The van der Waals surface area contributed by atoms with Crippen molar-refractivity contribution < 1.29 is 31.2 Å². The van der Waals surface area contributed by atoms with Crippen molar-refractivity contribution in [3.05, 3.63) is 98.5 Å². The van der Waals surface area contributed by atoms with Gasteiger partial charge in [0.15, 0.2) is 0 Å². The van der Waals surface area contributed by atoms with Crippen LogP contribution in [-0.4, -0.2) is 50.5 Å². The number of hydrogen-bond donors (Lipinski definition) is 1. The molecular formula is C28H27Cl3F3N3O4S. The molecule has 3 aromatic rings. The van der Waals surface area contributed by atoms with E-state index in [0.29, 0.717) is 21.5 Å². The van der Waals surface area contributed by atoms with Gasteiger partial charge in [-0.1, -0.05) is 71.2 Å². The maximum Gasteiger partial charge on any atom is 0.417 e. The Hall–Kier alpha value is -2.99. The van der Waals surface area contributed by atoms with Gasteiger partial charge in [0, 0.05) is 19.5 Å². The third-order valence-electron chi connectivity index (χ3n) is 6.18. The van der Waals surface area contributed by atoms with Crippen molar-refractivity contribution >= 4 is 62.3 Å². The number of benzene rings is 3. The zero-order valence-corrected chi connectivity index (χ0v) is 25.5. The van der Waals surface area contributed by atoms with Crippen molar-refractivity contribution in [1.82, 2.24) is 10.2 Å². The summed E-state index contributed by atoms with van der Waals surface area (Å²) in [6.07, 6.45) is -4.05. The smallest absolute Gasteiger partial charge is 0.355 e. The van der Waals surface area contributed by atoms with Crippen LogP contribution in [0.5, 0.6) is 0 Å². The number of sulfonamides is 1. The first kappa shape index (κ1) is 33.5. The van der Waals surface area contributed by atoms with Gasteiger partial charge >= 0.3 is 6.18 Å². The second-order valence-corrected chi connectivity index (χ2v) is 12.4. The number of alkyl halides is 3. The van der Waals surface area contributed by atoms with Crippen LogP contribution in [0.15, 0.2) is 66.7 Å². The summed E-state index contributed by atoms with van der Waals surface area (Å²) in [5, 5.41) is 2.52. The lowest BCUT2D eigenvalue weighted by Crippen LogP contribution is -2.53. The molecule has 0 saturated carbocycles. The van der Waals surface area contributed by atoms with Crippen LogP contribution in [0.2, 0.25) is 15.1 Å². The van der Waals surface area contributed by atoms with Gasteiger partial charge in [0.05, 0.1) is 32.6 Å². The molecule has 7 nitrogen and oxygen atoms in total. The molecular weight excluding hydrogens is 638 g/mol. The second-order valence-electron chi connectivity index (χ2n) is 9.30. The molecule has 0 aromatic heterocycles. The minimum absolute atomic E-state index is 0.0672. The van der Waals surface area contributed by atoms with Gasteiger partial charge in [0.1, 0.15) is 12.6 Å². The van der Waals surface area contributed by atoms with E-state index in [1.165, 1.54) is 17.0 Å². The Morgan fingerprint density at radius 2 is 1.55 bits per heavy atom. The van der Waals surface area contributed by atoms with E-state index in [4.69, 9.17) is 34.8 Å². The average Bonchev–Trinajstić information content (AvgIpc) is 2.91. The van der Waals surface area contributed by atoms with Crippen LogP contribution in [0.4, 0.5) is 18.9 Å². The summed E-state index contributed by atoms with van der Waals surface area (Å²) in [5.74, 6) is -1.35. The second kappa shape index (κ2) is 14.0. The first-order valence-corrected chi connectivity index (χ1v) is 15.5. The number of nitrogens with one attached hydrogen (secondary N) is 1. The molecule has 3 aromatic carbocycles. The van der Waals surface area contributed by atoms with Crippen LogP contribution >= 0.6 is 34.8 Å². The number of halogens is 6. The van der Waals surface area contributed by atoms with Gasteiger partial charge in [0.25, 0.3) is 0 Å². The molecule has 0 radical (unpaired) electrons. The van der Waals surface area contributed by atoms with Crippen molar-refractivity contribution in [2.45, 2.75) is 32.1 Å². The zero-order chi connectivity index (χ0) is 31.2. The largest absolute Gasteiger partial charge is 0.417 e. The lowest BCUT2D eigenvalue weighted by molar-refractivity contribution is -0.140. The monoisotopic (exact) mass is 663 g/mol. The Labute approximate surface area is 257 Å². The Bertz CT molecular complexity index is 1540. The minimum Gasteiger partial charge on any atom is -0.355 e. The van der Waals surface area contributed by atoms with E-state index in [1.54, 1.807) is 43.3 Å². The SMILES string of the molecule is CCNC(=O)[C@H](Cc1ccccc1)N(Cc1ccc(Cl)c(Cl)c1)C(=O)CN(c1ccc(Cl)c(C(F)(F)F)c1)S(C)(=O)=O. The van der Waals surface area contributed by atoms with Crippen molar-refractivity contribution in [3.63, 3.8) is 0 Å². The first-order valence-electron chi connectivity index (χ1n) is 12.5. The molecule has 226 valence electrons. The number of amides is 2. The molecule has 0 heterocycles. The summed E-state index contributed by atoms with van der Waals surface area (Å²) in [6.45, 7) is 0.867. The first-order chi connectivity index (χ1) is 19.6. The number of anilines is 1. The fourth-order valence-electron chi connectivity index (χ4n) is 4.18. The highest BCUT2D eigenvalue weighted by Crippen LogP contribution is 2.37. The number of rotatable bonds is 11. The lowest BCUT2D eigenvalue weighted by Gasteiger charge is -2.33. The number of hydrogen-bond acceptors (Lipinski definition) is 4. The molecule has 42 heavy (non-hydrogen) atoms. The molecule has 0 aliphatic carbocycles. The van der Waals surface area contributed by atoms with Crippen molar-refractivity contribution in [2.75, 3.05) is 23.7 Å². The Kier molecular flexibility index (Phi) is 11.2. The maximum absolute atomic E-state index is 14.0. The lowest BCUT2D eigenvalue weighted by atomic mass is 10.0. The van der Waals surface area contributed by atoms with Crippen molar-refractivity contribution in [3.8, 4) is 0 Å². The third-order valence-corrected chi connectivity index (χ3v) is 8.39. The van der Waals surface area contributed by atoms with E-state index >= 15 is 0 Å². The Balaban J connectivity index is 2.10. The molecule has 0 fully saturated rings. The van der Waals surface area contributed by atoms with Gasteiger partial charge in [-0.2, -0.15) is 13.2 Å². The molecule has 0 aliphatic heterocycles. The third kappa shape index (κ3) is 8.76. The molecule has 0 aliphatic rings. The molecule has 0 saturated heterocycles. The van der Waals surface area contributed by atoms with Crippen molar-refractivity contribution in [2.24, 2.45) is 0 Å². The fourth-order valence-corrected chi connectivity index (χ4v) is 5.57. The summed E-state index contributed by atoms with van der Waals surface area (Å²) in [5.41, 5.74) is -0.487. The molecule has 3 rings (SSSR count). The topological polar surface area (TPSA) is 86.8 Å². The summed E-state index contributed by atoms with van der Waals surface area (Å²) < 4.78 is 66.8. The summed E-state index contributed by atoms with van der Waals surface area (Å²) >= 11 is 18.0. The molecule has 0 bridgehead atoms. The average molecular weight is 665 g/mol. The van der Waals surface area contributed by atoms with Gasteiger partial charge in [-0.25, -0.2) is 8.42 Å². The molecule has 1 atom stereocenters. The highest BCUT2D eigenvalue weighted by atomic mass is 35.5. The quantitative estimate of drug-likeness (QED) is 0.264. The summed E-state index contributed by atoms with van der Waals surface area (Å²) in [7, 11) is -4.29. The van der Waals surface area contributed by atoms with Gasteiger partial charge < -0.3 is 10.2 Å². The fraction of sp³-hybridized carbons (Fsp3) is 0.286. The molecule has 0 unspecified atom stereocenters. The van der Waals surface area contributed by atoms with E-state index in [0.717, 1.165) is 18.4 Å². The highest BCUT2D eigenvalue weighted by Gasteiger charge is 2.36. The van der Waals surface area contributed by atoms with Gasteiger partial charge in [-0.15, -0.1) is 0 Å². The van der Waals surface area contributed by atoms with Crippen molar-refractivity contribution in [1.29, 1.82) is 0 Å². The summed E-state index contributed by atoms with van der Waals surface area (Å²) in [6, 6.07) is 14.9. The van der Waals surface area contributed by atoms with Crippen LogP contribution in [-0.2, 0) is 38.8 Å². The van der Waals surface area contributed by atoms with Crippen LogP contribution in [0, 0.1) is 0 Å². The predicted molar refractivity (Wildman–Crippen MR) is 158 cm³/mol. The molecule has 2 amide bonds. The standard InChI is InChI=1S/C28H27Cl3F3N3O4S/c1-3-35-27(39)25(14-18-7-5-4-6-8-18)36(16-19-9-11-23(30)24(31)13-19)26(38)17-37(42(2,40)41)20-10-12-22(29)21(15-20)28(32,33)34/h4-13,15,25H,3,14,16-17H2,1-2H3,(H,35,39)/t25-/m0/s1. The molecule has 14 heteroatoms. The Morgan fingerprint density at radius 3 is 2.12 bits per heavy atom. The maximum atomic E-state index is 14.0. The van der Waals surface area contributed by atoms with Crippen LogP contribution in [0.25, 0.3) is 0 Å². The molecule has 1 N–H and O–H groups in total. The number of nitrogens with zero attached hydrogens (tertiary/aromatic N) is 2. The van der Waals surface area contributed by atoms with E-state index < -0.39 is 56.9 Å². The molecule has 0 spiro atoms. The number of carbonyl (C=O) groups excluding carboxylic acids is 2. The van der Waals surface area contributed by atoms with E-state index in [2.05, 4.69) is 5.32 Å². The predicted octanol–water partition coefficient (Wildman–Crippen LogP) is 6.21. The Morgan fingerprint density at radius 1 is 0.905 bits per heavy atom. The number of likely N-dealkylation sites (N-methyl/N-ethyl adjacent to an activating group) is 1. The highest BCUT2D eigenvalue weighted by molar-refractivity contribution is 7.92. The van der Waals surface area contributed by atoms with E-state index in [1.807, 2.05) is 0 Å². The van der Waals surface area contributed by atoms with E-state index in [9.17, 15) is 31.2 Å². The van der Waals surface area contributed by atoms with Gasteiger partial charge in [-0.3, -0.25) is 13.9 Å². The minimum atomic E-state index is -4.88. The van der Waals surface area contributed by atoms with Gasteiger partial charge in [-0.05, 0) is 48.4 Å². The zero-order valence-electron chi connectivity index (χ0n) is 22.5. The van der Waals surface area contributed by atoms with Crippen LogP contribution in [0.3, 0.4) is 0 Å². The number of carbonyl (C=O) groups is 2. The van der Waals surface area contributed by atoms with Crippen LogP contribution < -0.4 is 9.62 Å². The summed E-state index contributed by atoms with van der Waals surface area (Å²) in [4.78, 5) is 28.5.